The average Bonchev–Trinajstić information content (AvgIpc) is 2.77. The molecule has 0 aromatic heterocycles. The van der Waals surface area contributed by atoms with Gasteiger partial charge in [0.1, 0.15) is 6.04 Å². The summed E-state index contributed by atoms with van der Waals surface area (Å²) >= 11 is 0. The van der Waals surface area contributed by atoms with Crippen LogP contribution in [0.15, 0.2) is 59.8 Å². The summed E-state index contributed by atoms with van der Waals surface area (Å²) < 4.78 is 44.7. The molecule has 0 unspecified atom stereocenters. The van der Waals surface area contributed by atoms with E-state index in [9.17, 15) is 22.8 Å². The molecule has 2 aromatic rings. The molecule has 0 spiro atoms. The standard InChI is InChI=1S/C22H18F3N5O3/c1-12-17(19(31)33-2)18(14-8-6-13(11-26)7-9-14)30(21(28)32)20(27)29(12)16-5-3-4-15(10-16)22(23,24)25/h3-10,18,27H,1-2H3,(H2,28,32)/t18-/m1/s1. The number of hydrogen-bond donors (Lipinski definition) is 2. The Morgan fingerprint density at radius 2 is 1.82 bits per heavy atom. The number of carbonyl (C=O) groups is 2. The molecule has 2 amide bonds. The molecule has 3 N–H and O–H groups in total. The largest absolute Gasteiger partial charge is 0.466 e. The van der Waals surface area contributed by atoms with E-state index in [0.29, 0.717) is 11.1 Å². The van der Waals surface area contributed by atoms with Crippen LogP contribution in [0.5, 0.6) is 0 Å². The van der Waals surface area contributed by atoms with E-state index in [2.05, 4.69) is 0 Å². The highest BCUT2D eigenvalue weighted by molar-refractivity contribution is 6.10. The first-order valence-electron chi connectivity index (χ1n) is 9.45. The van der Waals surface area contributed by atoms with Crippen LogP contribution in [0.2, 0.25) is 0 Å². The summed E-state index contributed by atoms with van der Waals surface area (Å²) in [5.74, 6) is -1.42. The maximum absolute atomic E-state index is 13.3. The Morgan fingerprint density at radius 3 is 2.33 bits per heavy atom. The second kappa shape index (κ2) is 8.66. The third-order valence-corrected chi connectivity index (χ3v) is 5.13. The van der Waals surface area contributed by atoms with Crippen molar-refractivity contribution < 1.29 is 27.5 Å². The smallest absolute Gasteiger partial charge is 0.416 e. The molecular formula is C22H18F3N5O3. The van der Waals surface area contributed by atoms with Crippen molar-refractivity contribution in [2.24, 2.45) is 5.73 Å². The van der Waals surface area contributed by atoms with Crippen LogP contribution in [0, 0.1) is 16.7 Å². The van der Waals surface area contributed by atoms with E-state index in [4.69, 9.17) is 21.1 Å². The molecule has 170 valence electrons. The van der Waals surface area contributed by atoms with Gasteiger partial charge in [-0.05, 0) is 42.8 Å². The number of esters is 1. The fourth-order valence-corrected chi connectivity index (χ4v) is 3.63. The lowest BCUT2D eigenvalue weighted by atomic mass is 9.92. The molecule has 1 atom stereocenters. The second-order valence-electron chi connectivity index (χ2n) is 7.04. The average molecular weight is 457 g/mol. The van der Waals surface area contributed by atoms with Gasteiger partial charge >= 0.3 is 18.2 Å². The van der Waals surface area contributed by atoms with Crippen LogP contribution >= 0.6 is 0 Å². The van der Waals surface area contributed by atoms with Crippen LogP contribution < -0.4 is 10.6 Å². The number of nitrogens with two attached hydrogens (primary N) is 1. The number of anilines is 1. The summed E-state index contributed by atoms with van der Waals surface area (Å²) in [6, 6.07) is 9.66. The molecule has 1 aliphatic heterocycles. The van der Waals surface area contributed by atoms with Gasteiger partial charge in [0.2, 0.25) is 5.96 Å². The van der Waals surface area contributed by atoms with Crippen molar-refractivity contribution >= 4 is 23.6 Å². The van der Waals surface area contributed by atoms with Crippen LogP contribution in [0.3, 0.4) is 0 Å². The molecule has 8 nitrogen and oxygen atoms in total. The van der Waals surface area contributed by atoms with Crippen molar-refractivity contribution in [3.63, 3.8) is 0 Å². The summed E-state index contributed by atoms with van der Waals surface area (Å²) in [4.78, 5) is 27.0. The summed E-state index contributed by atoms with van der Waals surface area (Å²) in [6.45, 7) is 1.43. The predicted molar refractivity (Wildman–Crippen MR) is 112 cm³/mol. The SMILES string of the molecule is COC(=O)C1=C(C)N(c2cccc(C(F)(F)F)c2)C(=N)N(C(N)=O)[C@@H]1c1ccc(C#N)cc1. The second-order valence-corrected chi connectivity index (χ2v) is 7.04. The monoisotopic (exact) mass is 457 g/mol. The Morgan fingerprint density at radius 1 is 1.18 bits per heavy atom. The minimum atomic E-state index is -4.65. The van der Waals surface area contributed by atoms with Crippen LogP contribution in [-0.2, 0) is 15.7 Å². The zero-order valence-electron chi connectivity index (χ0n) is 17.5. The van der Waals surface area contributed by atoms with E-state index in [0.717, 1.165) is 35.1 Å². The summed E-state index contributed by atoms with van der Waals surface area (Å²) in [5.41, 5.74) is 5.12. The number of benzene rings is 2. The van der Waals surface area contributed by atoms with Gasteiger partial charge in [-0.3, -0.25) is 15.2 Å². The molecular weight excluding hydrogens is 439 g/mol. The maximum Gasteiger partial charge on any atom is 0.416 e. The van der Waals surface area contributed by atoms with Gasteiger partial charge in [0.15, 0.2) is 0 Å². The Hall–Kier alpha value is -4.33. The van der Waals surface area contributed by atoms with Gasteiger partial charge in [-0.15, -0.1) is 0 Å². The number of nitriles is 1. The number of allylic oxidation sites excluding steroid dienone is 1. The Bertz CT molecular complexity index is 1200. The lowest BCUT2D eigenvalue weighted by Crippen LogP contribution is -2.55. The van der Waals surface area contributed by atoms with E-state index < -0.39 is 35.7 Å². The van der Waals surface area contributed by atoms with E-state index >= 15 is 0 Å². The van der Waals surface area contributed by atoms with Crippen LogP contribution in [0.25, 0.3) is 0 Å². The van der Waals surface area contributed by atoms with Crippen LogP contribution in [0.1, 0.15) is 29.7 Å². The maximum atomic E-state index is 13.3. The number of alkyl halides is 3. The molecule has 0 saturated carbocycles. The summed E-state index contributed by atoms with van der Waals surface area (Å²) in [6.07, 6.45) is -4.65. The minimum Gasteiger partial charge on any atom is -0.466 e. The fraction of sp³-hybridized carbons (Fsp3) is 0.182. The third-order valence-electron chi connectivity index (χ3n) is 5.13. The summed E-state index contributed by atoms with van der Waals surface area (Å²) in [7, 11) is 1.11. The number of guanidine groups is 1. The molecule has 1 heterocycles. The molecule has 0 aliphatic carbocycles. The molecule has 3 rings (SSSR count). The molecule has 33 heavy (non-hydrogen) atoms. The van der Waals surface area contributed by atoms with Crippen molar-refractivity contribution in [1.82, 2.24) is 4.90 Å². The highest BCUT2D eigenvalue weighted by Crippen LogP contribution is 2.40. The number of nitrogens with one attached hydrogen (secondary N) is 1. The normalized spacial score (nSPS) is 16.5. The zero-order valence-corrected chi connectivity index (χ0v) is 17.5. The number of methoxy groups -OCH3 is 1. The number of ether oxygens (including phenoxy) is 1. The topological polar surface area (TPSA) is 124 Å². The van der Waals surface area contributed by atoms with Gasteiger partial charge in [-0.2, -0.15) is 18.4 Å². The lowest BCUT2D eigenvalue weighted by molar-refractivity contribution is -0.138. The van der Waals surface area contributed by atoms with Gasteiger partial charge in [-0.1, -0.05) is 18.2 Å². The Balaban J connectivity index is 2.28. The fourth-order valence-electron chi connectivity index (χ4n) is 3.63. The number of rotatable bonds is 3. The lowest BCUT2D eigenvalue weighted by Gasteiger charge is -2.42. The van der Waals surface area contributed by atoms with Crippen molar-refractivity contribution in [1.29, 1.82) is 10.7 Å². The van der Waals surface area contributed by atoms with Gasteiger partial charge < -0.3 is 10.5 Å². The predicted octanol–water partition coefficient (Wildman–Crippen LogP) is 3.90. The molecule has 0 fully saturated rings. The number of primary amides is 1. The highest BCUT2D eigenvalue weighted by Gasteiger charge is 2.43. The van der Waals surface area contributed by atoms with Gasteiger partial charge in [-0.25, -0.2) is 9.59 Å². The number of halogens is 3. The van der Waals surface area contributed by atoms with Crippen LogP contribution in [-0.4, -0.2) is 30.0 Å². The summed E-state index contributed by atoms with van der Waals surface area (Å²) in [5, 5.41) is 17.6. The number of nitrogens with zero attached hydrogens (tertiary/aromatic N) is 3. The molecule has 0 radical (unpaired) electrons. The van der Waals surface area contributed by atoms with E-state index in [1.807, 2.05) is 6.07 Å². The van der Waals surface area contributed by atoms with Gasteiger partial charge in [0.05, 0.1) is 29.9 Å². The first-order valence-corrected chi connectivity index (χ1v) is 9.45. The molecule has 2 aromatic carbocycles. The number of urea groups is 1. The number of hydrogen-bond acceptors (Lipinski definition) is 5. The Kier molecular flexibility index (Phi) is 6.12. The number of carbonyl (C=O) groups excluding carboxylic acids is 2. The highest BCUT2D eigenvalue weighted by atomic mass is 19.4. The zero-order chi connectivity index (χ0) is 24.5. The molecule has 1 aliphatic rings. The van der Waals surface area contributed by atoms with Gasteiger partial charge in [0, 0.05) is 11.4 Å². The first-order chi connectivity index (χ1) is 15.5. The van der Waals surface area contributed by atoms with Gasteiger partial charge in [0.25, 0.3) is 0 Å². The van der Waals surface area contributed by atoms with Crippen molar-refractivity contribution in [2.75, 3.05) is 12.0 Å². The molecule has 0 saturated heterocycles. The first kappa shape index (κ1) is 23.3. The third kappa shape index (κ3) is 4.23. The van der Waals surface area contributed by atoms with Crippen molar-refractivity contribution in [3.8, 4) is 6.07 Å². The molecule has 11 heteroatoms. The van der Waals surface area contributed by atoms with Crippen molar-refractivity contribution in [3.05, 3.63) is 76.5 Å². The quantitative estimate of drug-likeness (QED) is 0.677. The van der Waals surface area contributed by atoms with E-state index in [-0.39, 0.29) is 17.0 Å². The van der Waals surface area contributed by atoms with E-state index in [1.54, 1.807) is 0 Å². The van der Waals surface area contributed by atoms with Crippen LogP contribution in [0.4, 0.5) is 23.7 Å². The minimum absolute atomic E-state index is 0.0815. The number of amides is 2. The Labute approximate surface area is 186 Å². The molecule has 0 bridgehead atoms. The van der Waals surface area contributed by atoms with E-state index in [1.165, 1.54) is 37.3 Å². The van der Waals surface area contributed by atoms with Crippen molar-refractivity contribution in [2.45, 2.75) is 19.1 Å².